The van der Waals surface area contributed by atoms with Crippen LogP contribution in [-0.4, -0.2) is 18.6 Å². The number of ether oxygens (including phenoxy) is 1. The third-order valence-corrected chi connectivity index (χ3v) is 4.66. The third-order valence-electron chi connectivity index (χ3n) is 4.66. The molecule has 0 bridgehead atoms. The number of aromatic nitrogens is 1. The second kappa shape index (κ2) is 6.49. The molecule has 0 spiro atoms. The van der Waals surface area contributed by atoms with Crippen LogP contribution in [0, 0.1) is 0 Å². The molecule has 0 saturated heterocycles. The first kappa shape index (κ1) is 15.0. The van der Waals surface area contributed by atoms with E-state index < -0.39 is 0 Å². The highest BCUT2D eigenvalue weighted by Crippen LogP contribution is 2.29. The van der Waals surface area contributed by atoms with Gasteiger partial charge in [-0.05, 0) is 41.8 Å². The lowest BCUT2D eigenvalue weighted by Crippen LogP contribution is -2.25. The third kappa shape index (κ3) is 2.69. The minimum atomic E-state index is 0.805. The number of hydrogen-bond acceptors (Lipinski definition) is 4. The standard InChI is InChI=1S/C20H21N3O/c1-24-19-7-3-6-17-18(9-11-22-20(17)19)23-13-15-5-2-4-14-12-21-10-8-16(14)15/h2-7,9,11,21H,8,10,12-13H2,1H3,(H,22,23). The van der Waals surface area contributed by atoms with Crippen LogP contribution < -0.4 is 15.4 Å². The lowest BCUT2D eigenvalue weighted by molar-refractivity contribution is 0.419. The van der Waals surface area contributed by atoms with Crippen LogP contribution in [0.1, 0.15) is 16.7 Å². The number of para-hydroxylation sites is 1. The van der Waals surface area contributed by atoms with Gasteiger partial charge in [-0.15, -0.1) is 0 Å². The first-order valence-corrected chi connectivity index (χ1v) is 8.33. The number of nitrogens with zero attached hydrogens (tertiary/aromatic N) is 1. The molecule has 0 radical (unpaired) electrons. The molecule has 3 aromatic rings. The van der Waals surface area contributed by atoms with E-state index in [9.17, 15) is 0 Å². The predicted octanol–water partition coefficient (Wildman–Crippen LogP) is 3.50. The molecule has 4 nitrogen and oxygen atoms in total. The topological polar surface area (TPSA) is 46.2 Å². The summed E-state index contributed by atoms with van der Waals surface area (Å²) in [5.74, 6) is 0.805. The molecular weight excluding hydrogens is 298 g/mol. The Bertz CT molecular complexity index is 876. The lowest BCUT2D eigenvalue weighted by atomic mass is 9.95. The number of hydrogen-bond donors (Lipinski definition) is 2. The molecule has 122 valence electrons. The Balaban J connectivity index is 1.64. The van der Waals surface area contributed by atoms with Crippen molar-refractivity contribution in [3.63, 3.8) is 0 Å². The van der Waals surface area contributed by atoms with Gasteiger partial charge in [0.2, 0.25) is 0 Å². The van der Waals surface area contributed by atoms with E-state index in [4.69, 9.17) is 4.74 Å². The minimum Gasteiger partial charge on any atom is -0.494 e. The van der Waals surface area contributed by atoms with E-state index in [1.807, 2.05) is 24.4 Å². The molecule has 4 heteroatoms. The van der Waals surface area contributed by atoms with Gasteiger partial charge in [-0.2, -0.15) is 0 Å². The average Bonchev–Trinajstić information content (AvgIpc) is 2.65. The summed E-state index contributed by atoms with van der Waals surface area (Å²) in [6, 6.07) is 14.6. The van der Waals surface area contributed by atoms with Gasteiger partial charge in [-0.3, -0.25) is 4.98 Å². The molecule has 0 atom stereocenters. The van der Waals surface area contributed by atoms with Gasteiger partial charge < -0.3 is 15.4 Å². The molecule has 0 saturated carbocycles. The molecule has 24 heavy (non-hydrogen) atoms. The molecule has 4 rings (SSSR count). The summed E-state index contributed by atoms with van der Waals surface area (Å²) < 4.78 is 5.42. The molecule has 2 N–H and O–H groups in total. The quantitative estimate of drug-likeness (QED) is 0.772. The van der Waals surface area contributed by atoms with Gasteiger partial charge in [-0.25, -0.2) is 0 Å². The maximum absolute atomic E-state index is 5.42. The minimum absolute atomic E-state index is 0.805. The zero-order valence-electron chi connectivity index (χ0n) is 13.8. The van der Waals surface area contributed by atoms with E-state index in [0.717, 1.165) is 48.4 Å². The molecule has 2 aromatic carbocycles. The highest BCUT2D eigenvalue weighted by atomic mass is 16.5. The number of rotatable bonds is 4. The van der Waals surface area contributed by atoms with Crippen molar-refractivity contribution >= 4 is 16.6 Å². The van der Waals surface area contributed by atoms with Gasteiger partial charge in [0.1, 0.15) is 11.3 Å². The molecule has 0 fully saturated rings. The van der Waals surface area contributed by atoms with Gasteiger partial charge >= 0.3 is 0 Å². The largest absolute Gasteiger partial charge is 0.494 e. The van der Waals surface area contributed by atoms with Gasteiger partial charge in [0.25, 0.3) is 0 Å². The van der Waals surface area contributed by atoms with Crippen molar-refractivity contribution < 1.29 is 4.74 Å². The maximum Gasteiger partial charge on any atom is 0.145 e. The fourth-order valence-corrected chi connectivity index (χ4v) is 3.43. The van der Waals surface area contributed by atoms with E-state index in [1.165, 1.54) is 16.7 Å². The van der Waals surface area contributed by atoms with Crippen LogP contribution in [0.2, 0.25) is 0 Å². The summed E-state index contributed by atoms with van der Waals surface area (Å²) in [5, 5.41) is 8.11. The molecule has 1 aromatic heterocycles. The van der Waals surface area contributed by atoms with E-state index in [2.05, 4.69) is 39.9 Å². The van der Waals surface area contributed by atoms with Crippen LogP contribution in [0.5, 0.6) is 5.75 Å². The van der Waals surface area contributed by atoms with Crippen molar-refractivity contribution in [2.45, 2.75) is 19.5 Å². The Kier molecular flexibility index (Phi) is 4.05. The van der Waals surface area contributed by atoms with Crippen LogP contribution in [-0.2, 0) is 19.5 Å². The van der Waals surface area contributed by atoms with Crippen molar-refractivity contribution in [1.82, 2.24) is 10.3 Å². The Morgan fingerprint density at radius 1 is 1.17 bits per heavy atom. The number of fused-ring (bicyclic) bond motifs is 2. The fraction of sp³-hybridized carbons (Fsp3) is 0.250. The second-order valence-corrected chi connectivity index (χ2v) is 6.05. The number of benzene rings is 2. The zero-order valence-corrected chi connectivity index (χ0v) is 13.8. The molecular formula is C20H21N3O. The summed E-state index contributed by atoms with van der Waals surface area (Å²) >= 11 is 0. The van der Waals surface area contributed by atoms with Crippen LogP contribution in [0.25, 0.3) is 10.9 Å². The van der Waals surface area contributed by atoms with Crippen molar-refractivity contribution in [2.24, 2.45) is 0 Å². The predicted molar refractivity (Wildman–Crippen MR) is 97.5 cm³/mol. The monoisotopic (exact) mass is 319 g/mol. The highest BCUT2D eigenvalue weighted by molar-refractivity contribution is 5.94. The normalized spacial score (nSPS) is 13.5. The van der Waals surface area contributed by atoms with Crippen LogP contribution in [0.3, 0.4) is 0 Å². The molecule has 0 aliphatic carbocycles. The van der Waals surface area contributed by atoms with Gasteiger partial charge in [-0.1, -0.05) is 30.3 Å². The first-order chi connectivity index (χ1) is 11.9. The first-order valence-electron chi connectivity index (χ1n) is 8.33. The smallest absolute Gasteiger partial charge is 0.145 e. The SMILES string of the molecule is COc1cccc2c(NCc3cccc4c3CCNC4)ccnc12. The Labute approximate surface area is 141 Å². The number of pyridine rings is 1. The van der Waals surface area contributed by atoms with Crippen LogP contribution >= 0.6 is 0 Å². The fourth-order valence-electron chi connectivity index (χ4n) is 3.43. The van der Waals surface area contributed by atoms with Crippen molar-refractivity contribution in [2.75, 3.05) is 19.0 Å². The van der Waals surface area contributed by atoms with Crippen molar-refractivity contribution in [3.8, 4) is 5.75 Å². The average molecular weight is 319 g/mol. The van der Waals surface area contributed by atoms with Crippen LogP contribution in [0.4, 0.5) is 5.69 Å². The zero-order chi connectivity index (χ0) is 16.4. The van der Waals surface area contributed by atoms with Crippen molar-refractivity contribution in [3.05, 3.63) is 65.4 Å². The molecule has 0 unspecified atom stereocenters. The molecule has 0 amide bonds. The van der Waals surface area contributed by atoms with E-state index in [0.29, 0.717) is 0 Å². The summed E-state index contributed by atoms with van der Waals surface area (Å²) in [5.41, 5.74) is 6.26. The second-order valence-electron chi connectivity index (χ2n) is 6.05. The highest BCUT2D eigenvalue weighted by Gasteiger charge is 2.12. The number of anilines is 1. The number of methoxy groups -OCH3 is 1. The summed E-state index contributed by atoms with van der Waals surface area (Å²) in [4.78, 5) is 4.46. The van der Waals surface area contributed by atoms with Crippen molar-refractivity contribution in [1.29, 1.82) is 0 Å². The maximum atomic E-state index is 5.42. The summed E-state index contributed by atoms with van der Waals surface area (Å²) in [6.07, 6.45) is 2.93. The molecule has 1 aliphatic rings. The Morgan fingerprint density at radius 2 is 2.08 bits per heavy atom. The summed E-state index contributed by atoms with van der Waals surface area (Å²) in [6.45, 7) is 2.84. The van der Waals surface area contributed by atoms with Gasteiger partial charge in [0, 0.05) is 30.4 Å². The van der Waals surface area contributed by atoms with E-state index in [-0.39, 0.29) is 0 Å². The van der Waals surface area contributed by atoms with Crippen LogP contribution in [0.15, 0.2) is 48.7 Å². The van der Waals surface area contributed by atoms with Gasteiger partial charge in [0.05, 0.1) is 7.11 Å². The summed E-state index contributed by atoms with van der Waals surface area (Å²) in [7, 11) is 1.68. The number of nitrogens with one attached hydrogen (secondary N) is 2. The van der Waals surface area contributed by atoms with Gasteiger partial charge in [0.15, 0.2) is 0 Å². The van der Waals surface area contributed by atoms with E-state index >= 15 is 0 Å². The Morgan fingerprint density at radius 3 is 3.00 bits per heavy atom. The molecule has 2 heterocycles. The lowest BCUT2D eigenvalue weighted by Gasteiger charge is -2.21. The molecule has 1 aliphatic heterocycles. The Hall–Kier alpha value is -2.59. The van der Waals surface area contributed by atoms with E-state index in [1.54, 1.807) is 7.11 Å².